The third-order valence-corrected chi connectivity index (χ3v) is 5.94. The van der Waals surface area contributed by atoms with E-state index < -0.39 is 15.4 Å². The maximum Gasteiger partial charge on any atom is 0.267 e. The van der Waals surface area contributed by atoms with Crippen molar-refractivity contribution in [3.05, 3.63) is 28.0 Å². The van der Waals surface area contributed by atoms with Crippen molar-refractivity contribution in [2.45, 2.75) is 45.5 Å². The Bertz CT molecular complexity index is 815. The third kappa shape index (κ3) is 3.25. The van der Waals surface area contributed by atoms with Crippen LogP contribution in [0.1, 0.15) is 26.1 Å². The van der Waals surface area contributed by atoms with E-state index in [0.29, 0.717) is 23.0 Å². The molecule has 0 aliphatic rings. The van der Waals surface area contributed by atoms with Crippen LogP contribution < -0.4 is 4.57 Å². The summed E-state index contributed by atoms with van der Waals surface area (Å²) in [6.45, 7) is 6.72. The second kappa shape index (κ2) is 6.35. The first kappa shape index (κ1) is 17.5. The average molecular weight is 366 g/mol. The smallest absolute Gasteiger partial charge is 0.267 e. The van der Waals surface area contributed by atoms with Crippen LogP contribution in [0.5, 0.6) is 0 Å². The van der Waals surface area contributed by atoms with Crippen molar-refractivity contribution in [2.75, 3.05) is 0 Å². The SMILES string of the molecule is CCn1c(C)[n+](CCC(C)S(=O)(=O)O)c2cc(Cl)c(Cl)cc21. The third-order valence-electron chi connectivity index (χ3n) is 3.96. The number of aryl methyl sites for hydroxylation is 2. The maximum absolute atomic E-state index is 11.2. The molecule has 1 aromatic carbocycles. The Labute approximate surface area is 140 Å². The quantitative estimate of drug-likeness (QED) is 0.653. The van der Waals surface area contributed by atoms with Crippen molar-refractivity contribution in [3.63, 3.8) is 0 Å². The zero-order chi connectivity index (χ0) is 16.7. The summed E-state index contributed by atoms with van der Waals surface area (Å²) >= 11 is 12.2. The fourth-order valence-corrected chi connectivity index (χ4v) is 3.31. The summed E-state index contributed by atoms with van der Waals surface area (Å²) < 4.78 is 35.5. The van der Waals surface area contributed by atoms with Gasteiger partial charge in [0.2, 0.25) is 0 Å². The molecule has 0 radical (unpaired) electrons. The van der Waals surface area contributed by atoms with Crippen LogP contribution in [0.3, 0.4) is 0 Å². The molecule has 0 fully saturated rings. The largest absolute Gasteiger partial charge is 0.285 e. The number of imidazole rings is 1. The highest BCUT2D eigenvalue weighted by molar-refractivity contribution is 7.86. The summed E-state index contributed by atoms with van der Waals surface area (Å²) in [5.41, 5.74) is 1.85. The number of rotatable bonds is 5. The first-order valence-corrected chi connectivity index (χ1v) is 9.26. The number of aromatic nitrogens is 2. The van der Waals surface area contributed by atoms with Gasteiger partial charge in [-0.2, -0.15) is 8.42 Å². The van der Waals surface area contributed by atoms with Crippen LogP contribution >= 0.6 is 23.2 Å². The summed E-state index contributed by atoms with van der Waals surface area (Å²) in [5, 5.41) is 0.126. The van der Waals surface area contributed by atoms with E-state index in [1.807, 2.05) is 24.5 Å². The summed E-state index contributed by atoms with van der Waals surface area (Å²) in [5.74, 6) is 0.985. The van der Waals surface area contributed by atoms with Gasteiger partial charge in [0.15, 0.2) is 11.0 Å². The number of nitrogens with zero attached hydrogens (tertiary/aromatic N) is 2. The molecule has 0 spiro atoms. The lowest BCUT2D eigenvalue weighted by atomic mass is 10.3. The molecule has 22 heavy (non-hydrogen) atoms. The number of benzene rings is 1. The average Bonchev–Trinajstić information content (AvgIpc) is 2.67. The Morgan fingerprint density at radius 2 is 1.91 bits per heavy atom. The molecule has 1 atom stereocenters. The minimum absolute atomic E-state index is 0.313. The van der Waals surface area contributed by atoms with Gasteiger partial charge < -0.3 is 0 Å². The van der Waals surface area contributed by atoms with Crippen LogP contribution in [0.2, 0.25) is 10.0 Å². The van der Waals surface area contributed by atoms with Gasteiger partial charge in [-0.15, -0.1) is 0 Å². The predicted octanol–water partition coefficient (Wildman–Crippen LogP) is 3.23. The molecule has 2 rings (SSSR count). The lowest BCUT2D eigenvalue weighted by molar-refractivity contribution is -0.678. The molecule has 8 heteroatoms. The molecular weight excluding hydrogens is 347 g/mol. The van der Waals surface area contributed by atoms with Crippen molar-refractivity contribution in [1.82, 2.24) is 4.57 Å². The van der Waals surface area contributed by atoms with E-state index in [9.17, 15) is 8.42 Å². The van der Waals surface area contributed by atoms with Crippen LogP contribution in [0.15, 0.2) is 12.1 Å². The highest BCUT2D eigenvalue weighted by Crippen LogP contribution is 2.27. The Kier molecular flexibility index (Phi) is 5.06. The van der Waals surface area contributed by atoms with Crippen molar-refractivity contribution in [3.8, 4) is 0 Å². The molecule has 1 aromatic heterocycles. The molecule has 0 saturated heterocycles. The molecule has 0 aliphatic carbocycles. The molecule has 0 amide bonds. The first-order valence-electron chi connectivity index (χ1n) is 7.00. The van der Waals surface area contributed by atoms with Crippen molar-refractivity contribution in [1.29, 1.82) is 0 Å². The van der Waals surface area contributed by atoms with E-state index in [1.54, 1.807) is 6.07 Å². The lowest BCUT2D eigenvalue weighted by Crippen LogP contribution is -2.38. The zero-order valence-corrected chi connectivity index (χ0v) is 15.0. The summed E-state index contributed by atoms with van der Waals surface area (Å²) in [6.07, 6.45) is 0.313. The van der Waals surface area contributed by atoms with E-state index >= 15 is 0 Å². The number of hydrogen-bond acceptors (Lipinski definition) is 2. The summed E-state index contributed by atoms with van der Waals surface area (Å²) in [7, 11) is -4.02. The molecule has 2 aromatic rings. The molecular formula is C14H19Cl2N2O3S+. The van der Waals surface area contributed by atoms with E-state index in [4.69, 9.17) is 27.8 Å². The molecule has 5 nitrogen and oxygen atoms in total. The summed E-state index contributed by atoms with van der Waals surface area (Å²) in [6, 6.07) is 3.61. The number of fused-ring (bicyclic) bond motifs is 1. The van der Waals surface area contributed by atoms with Gasteiger partial charge in [-0.1, -0.05) is 23.2 Å². The van der Waals surface area contributed by atoms with Gasteiger partial charge in [-0.05, 0) is 13.8 Å². The summed E-state index contributed by atoms with van der Waals surface area (Å²) in [4.78, 5) is 0. The normalized spacial score (nSPS) is 13.7. The predicted molar refractivity (Wildman–Crippen MR) is 88.2 cm³/mol. The van der Waals surface area contributed by atoms with Crippen molar-refractivity contribution < 1.29 is 17.5 Å². The molecule has 0 bridgehead atoms. The van der Waals surface area contributed by atoms with E-state index in [0.717, 1.165) is 23.4 Å². The number of hydrogen-bond donors (Lipinski definition) is 1. The molecule has 0 saturated carbocycles. The highest BCUT2D eigenvalue weighted by Gasteiger charge is 2.24. The second-order valence-electron chi connectivity index (χ2n) is 5.31. The van der Waals surface area contributed by atoms with E-state index in [2.05, 4.69) is 4.57 Å². The van der Waals surface area contributed by atoms with Gasteiger partial charge in [-0.3, -0.25) is 4.55 Å². The van der Waals surface area contributed by atoms with Gasteiger partial charge in [0.05, 0.1) is 28.4 Å². The van der Waals surface area contributed by atoms with Crippen molar-refractivity contribution in [2.24, 2.45) is 0 Å². The van der Waals surface area contributed by atoms with Crippen LogP contribution in [0.4, 0.5) is 0 Å². The molecule has 122 valence electrons. The maximum atomic E-state index is 11.2. The van der Waals surface area contributed by atoms with Gasteiger partial charge in [0.25, 0.3) is 15.9 Å². The van der Waals surface area contributed by atoms with Crippen LogP contribution in [-0.4, -0.2) is 22.8 Å². The topological polar surface area (TPSA) is 63.2 Å². The zero-order valence-electron chi connectivity index (χ0n) is 12.7. The van der Waals surface area contributed by atoms with Gasteiger partial charge in [0, 0.05) is 25.5 Å². The standard InChI is InChI=1S/C14H18Cl2N2O3S/c1-4-17-10(3)18(6-5-9(2)22(19,20)21)14-8-12(16)11(15)7-13(14)17/h7-9H,4-6H2,1-3H3/p+1. The molecule has 1 unspecified atom stereocenters. The van der Waals surface area contributed by atoms with Gasteiger partial charge in [-0.25, -0.2) is 9.13 Å². The molecule has 1 heterocycles. The Morgan fingerprint density at radius 1 is 1.32 bits per heavy atom. The molecule has 1 N–H and O–H groups in total. The molecule has 0 aliphatic heterocycles. The highest BCUT2D eigenvalue weighted by atomic mass is 35.5. The van der Waals surface area contributed by atoms with E-state index in [1.165, 1.54) is 6.92 Å². The minimum atomic E-state index is -4.02. The van der Waals surface area contributed by atoms with Crippen LogP contribution in [0, 0.1) is 6.92 Å². The van der Waals surface area contributed by atoms with Gasteiger partial charge >= 0.3 is 0 Å². The fourth-order valence-electron chi connectivity index (χ4n) is 2.59. The minimum Gasteiger partial charge on any atom is -0.285 e. The lowest BCUT2D eigenvalue weighted by Gasteiger charge is -2.07. The number of halogens is 2. The van der Waals surface area contributed by atoms with Gasteiger partial charge in [0.1, 0.15) is 0 Å². The van der Waals surface area contributed by atoms with E-state index in [-0.39, 0.29) is 0 Å². The van der Waals surface area contributed by atoms with Crippen LogP contribution in [-0.2, 0) is 23.2 Å². The van der Waals surface area contributed by atoms with Crippen molar-refractivity contribution >= 4 is 44.4 Å². The Balaban J connectivity index is 2.49. The fraction of sp³-hybridized carbons (Fsp3) is 0.500. The Hall–Kier alpha value is -0.820. The Morgan fingerprint density at radius 3 is 2.45 bits per heavy atom. The second-order valence-corrected chi connectivity index (χ2v) is 7.96. The monoisotopic (exact) mass is 365 g/mol. The van der Waals surface area contributed by atoms with Crippen LogP contribution in [0.25, 0.3) is 11.0 Å². The first-order chi connectivity index (χ1) is 10.2.